The summed E-state index contributed by atoms with van der Waals surface area (Å²) in [5.41, 5.74) is 14.4. The lowest BCUT2D eigenvalue weighted by molar-refractivity contribution is 0.0822. The number of hydrogen-bond donors (Lipinski definition) is 2. The fourth-order valence-corrected chi connectivity index (χ4v) is 3.09. The smallest absolute Gasteiger partial charge is 0.258 e. The molecule has 0 fully saturated rings. The molecular formula is C21H26FN3O4. The van der Waals surface area contributed by atoms with Gasteiger partial charge in [-0.3, -0.25) is 4.79 Å². The number of ether oxygens (including phenoxy) is 3. The minimum atomic E-state index is -0.580. The molecule has 0 radical (unpaired) electrons. The largest absolute Gasteiger partial charge is 0.497 e. The second-order valence-corrected chi connectivity index (χ2v) is 6.26. The van der Waals surface area contributed by atoms with E-state index in [9.17, 15) is 9.18 Å². The highest BCUT2D eigenvalue weighted by Crippen LogP contribution is 2.33. The first-order valence-corrected chi connectivity index (χ1v) is 8.85. The van der Waals surface area contributed by atoms with E-state index in [-0.39, 0.29) is 11.7 Å². The summed E-state index contributed by atoms with van der Waals surface area (Å²) < 4.78 is 28.4. The summed E-state index contributed by atoms with van der Waals surface area (Å²) in [4.78, 5) is 14.4. The molecule has 2 aromatic carbocycles. The van der Waals surface area contributed by atoms with Crippen LogP contribution >= 0.6 is 0 Å². The highest BCUT2D eigenvalue weighted by molar-refractivity contribution is 6.02. The first-order valence-electron chi connectivity index (χ1n) is 8.85. The van der Waals surface area contributed by atoms with Crippen LogP contribution < -0.4 is 20.9 Å². The highest BCUT2D eigenvalue weighted by Gasteiger charge is 2.29. The van der Waals surface area contributed by atoms with Gasteiger partial charge >= 0.3 is 0 Å². The number of rotatable bonds is 4. The first-order chi connectivity index (χ1) is 13.9. The van der Waals surface area contributed by atoms with Crippen LogP contribution in [-0.2, 0) is 11.2 Å². The Kier molecular flexibility index (Phi) is 7.44. The summed E-state index contributed by atoms with van der Waals surface area (Å²) in [7, 11) is 6.19. The van der Waals surface area contributed by atoms with Crippen LogP contribution in [0.5, 0.6) is 11.5 Å². The molecule has 8 heteroatoms. The van der Waals surface area contributed by atoms with E-state index in [1.54, 1.807) is 45.6 Å². The molecule has 1 heterocycles. The molecule has 1 aliphatic rings. The van der Waals surface area contributed by atoms with Crippen molar-refractivity contribution in [2.45, 2.75) is 6.42 Å². The molecule has 2 aromatic rings. The van der Waals surface area contributed by atoms with Crippen LogP contribution in [0, 0.1) is 5.82 Å². The average molecular weight is 403 g/mol. The number of nitrogens with zero attached hydrogens (tertiary/aromatic N) is 1. The van der Waals surface area contributed by atoms with Gasteiger partial charge in [0.05, 0.1) is 19.9 Å². The Labute approximate surface area is 169 Å². The monoisotopic (exact) mass is 403 g/mol. The standard InChI is InChI=1S/C19H20FN3O3.C2H6O/c1-25-12-3-4-13(16(22)8-12)17(10-21)23-6-5-11-7-18(26-2)15(20)9-14(11)19(23)24;1-3-2/h3-4,7-10H,5-6,21-22H2,1-2H3;1-2H3/b17-10+;. The van der Waals surface area contributed by atoms with E-state index < -0.39 is 5.82 Å². The Balaban J connectivity index is 0.000000941. The Morgan fingerprint density at radius 2 is 1.83 bits per heavy atom. The Morgan fingerprint density at radius 3 is 2.38 bits per heavy atom. The zero-order valence-corrected chi connectivity index (χ0v) is 17.0. The van der Waals surface area contributed by atoms with Crippen molar-refractivity contribution in [3.8, 4) is 11.5 Å². The number of nitrogen functional groups attached to an aromatic ring is 1. The summed E-state index contributed by atoms with van der Waals surface area (Å²) in [6.45, 7) is 0.398. The fourth-order valence-electron chi connectivity index (χ4n) is 3.09. The van der Waals surface area contributed by atoms with Crippen LogP contribution in [0.2, 0.25) is 0 Å². The number of halogens is 1. The van der Waals surface area contributed by atoms with Crippen molar-refractivity contribution >= 4 is 17.3 Å². The SMILES string of the molecule is COC.COc1ccc(/C(=C\N)N2CCc3cc(OC)c(F)cc3C2=O)c(N)c1. The molecule has 0 saturated heterocycles. The van der Waals surface area contributed by atoms with E-state index in [0.717, 1.165) is 5.56 Å². The highest BCUT2D eigenvalue weighted by atomic mass is 19.1. The maximum Gasteiger partial charge on any atom is 0.258 e. The minimum Gasteiger partial charge on any atom is -0.497 e. The molecule has 156 valence electrons. The summed E-state index contributed by atoms with van der Waals surface area (Å²) in [5, 5.41) is 0. The summed E-state index contributed by atoms with van der Waals surface area (Å²) >= 11 is 0. The molecule has 3 rings (SSSR count). The Hall–Kier alpha value is -3.26. The summed E-state index contributed by atoms with van der Waals surface area (Å²) in [6, 6.07) is 7.90. The maximum absolute atomic E-state index is 14.1. The van der Waals surface area contributed by atoms with Gasteiger partial charge in [-0.15, -0.1) is 0 Å². The number of nitrogens with two attached hydrogens (primary N) is 2. The lowest BCUT2D eigenvalue weighted by Crippen LogP contribution is -2.37. The third-order valence-electron chi connectivity index (χ3n) is 4.44. The van der Waals surface area contributed by atoms with E-state index in [1.165, 1.54) is 24.3 Å². The van der Waals surface area contributed by atoms with Gasteiger partial charge in [-0.1, -0.05) is 0 Å². The van der Waals surface area contributed by atoms with Crippen molar-refractivity contribution in [3.63, 3.8) is 0 Å². The number of hydrogen-bond acceptors (Lipinski definition) is 6. The first kappa shape index (κ1) is 22.0. The molecule has 0 bridgehead atoms. The molecule has 0 saturated carbocycles. The van der Waals surface area contributed by atoms with Gasteiger partial charge in [0.25, 0.3) is 5.91 Å². The Bertz CT molecular complexity index is 915. The van der Waals surface area contributed by atoms with E-state index >= 15 is 0 Å². The van der Waals surface area contributed by atoms with E-state index in [0.29, 0.717) is 41.2 Å². The van der Waals surface area contributed by atoms with Crippen molar-refractivity contribution in [2.24, 2.45) is 5.73 Å². The number of amides is 1. The number of carbonyl (C=O) groups excluding carboxylic acids is 1. The van der Waals surface area contributed by atoms with E-state index in [1.807, 2.05) is 0 Å². The van der Waals surface area contributed by atoms with E-state index in [2.05, 4.69) is 4.74 Å². The average Bonchev–Trinajstić information content (AvgIpc) is 2.71. The van der Waals surface area contributed by atoms with Crippen LogP contribution in [0.4, 0.5) is 10.1 Å². The van der Waals surface area contributed by atoms with Crippen LogP contribution in [-0.4, -0.2) is 45.8 Å². The van der Waals surface area contributed by atoms with Gasteiger partial charge in [-0.2, -0.15) is 0 Å². The minimum absolute atomic E-state index is 0.124. The third-order valence-corrected chi connectivity index (χ3v) is 4.44. The Morgan fingerprint density at radius 1 is 1.14 bits per heavy atom. The summed E-state index contributed by atoms with van der Waals surface area (Å²) in [5.74, 6) is -0.186. The molecule has 0 aliphatic carbocycles. The molecular weight excluding hydrogens is 377 g/mol. The third kappa shape index (κ3) is 4.60. The molecule has 1 aliphatic heterocycles. The molecule has 4 N–H and O–H groups in total. The second-order valence-electron chi connectivity index (χ2n) is 6.26. The molecule has 0 spiro atoms. The molecule has 29 heavy (non-hydrogen) atoms. The topological polar surface area (TPSA) is 100 Å². The molecule has 0 aromatic heterocycles. The molecule has 0 atom stereocenters. The predicted octanol–water partition coefficient (Wildman–Crippen LogP) is 2.64. The normalized spacial score (nSPS) is 13.3. The van der Waals surface area contributed by atoms with Gasteiger partial charge in [0.1, 0.15) is 5.75 Å². The number of carbonyl (C=O) groups is 1. The fraction of sp³-hybridized carbons (Fsp3) is 0.286. The predicted molar refractivity (Wildman–Crippen MR) is 110 cm³/mol. The van der Waals surface area contributed by atoms with Gasteiger partial charge in [0.15, 0.2) is 11.6 Å². The quantitative estimate of drug-likeness (QED) is 0.762. The van der Waals surface area contributed by atoms with Gasteiger partial charge in [-0.25, -0.2) is 4.39 Å². The number of benzene rings is 2. The van der Waals surface area contributed by atoms with Crippen LogP contribution in [0.1, 0.15) is 21.5 Å². The number of fused-ring (bicyclic) bond motifs is 1. The van der Waals surface area contributed by atoms with Gasteiger partial charge < -0.3 is 30.6 Å². The van der Waals surface area contributed by atoms with Gasteiger partial charge in [0, 0.05) is 49.8 Å². The lowest BCUT2D eigenvalue weighted by Gasteiger charge is -2.31. The van der Waals surface area contributed by atoms with Crippen LogP contribution in [0.3, 0.4) is 0 Å². The van der Waals surface area contributed by atoms with Gasteiger partial charge in [0.2, 0.25) is 0 Å². The van der Waals surface area contributed by atoms with Crippen molar-refractivity contribution in [1.82, 2.24) is 4.90 Å². The zero-order chi connectivity index (χ0) is 21.6. The van der Waals surface area contributed by atoms with Crippen molar-refractivity contribution < 1.29 is 23.4 Å². The van der Waals surface area contributed by atoms with Crippen molar-refractivity contribution in [1.29, 1.82) is 0 Å². The maximum atomic E-state index is 14.1. The number of methoxy groups -OCH3 is 3. The van der Waals surface area contributed by atoms with Crippen molar-refractivity contribution in [3.05, 3.63) is 59.0 Å². The zero-order valence-electron chi connectivity index (χ0n) is 17.0. The van der Waals surface area contributed by atoms with Crippen molar-refractivity contribution in [2.75, 3.05) is 40.7 Å². The summed E-state index contributed by atoms with van der Waals surface area (Å²) in [6.07, 6.45) is 1.88. The number of anilines is 1. The van der Waals surface area contributed by atoms with E-state index in [4.69, 9.17) is 20.9 Å². The molecule has 1 amide bonds. The van der Waals surface area contributed by atoms with Gasteiger partial charge in [-0.05, 0) is 36.2 Å². The second kappa shape index (κ2) is 9.79. The lowest BCUT2D eigenvalue weighted by atomic mass is 9.96. The molecule has 0 unspecified atom stereocenters. The van der Waals surface area contributed by atoms with Crippen LogP contribution in [0.15, 0.2) is 36.5 Å². The molecule has 7 nitrogen and oxygen atoms in total. The van der Waals surface area contributed by atoms with Crippen LogP contribution in [0.25, 0.3) is 5.70 Å².